The normalized spacial score (nSPS) is 11.0. The van der Waals surface area contributed by atoms with Crippen LogP contribution in [0.15, 0.2) is 10.9 Å². The molecule has 0 aromatic carbocycles. The van der Waals surface area contributed by atoms with Crippen LogP contribution in [0.4, 0.5) is 0 Å². The Hall–Kier alpha value is -0.310. The maximum atomic E-state index is 4.08. The first-order valence-corrected chi connectivity index (χ1v) is 5.17. The highest BCUT2D eigenvalue weighted by Crippen LogP contribution is 2.14. The summed E-state index contributed by atoms with van der Waals surface area (Å²) in [5, 5.41) is 0. The fourth-order valence-electron chi connectivity index (χ4n) is 1.17. The lowest BCUT2D eigenvalue weighted by molar-refractivity contribution is 0.553. The Bertz CT molecular complexity index is 230. The molecule has 0 saturated carbocycles. The van der Waals surface area contributed by atoms with Crippen molar-refractivity contribution in [3.8, 4) is 0 Å². The highest BCUT2D eigenvalue weighted by atomic mass is 79.9. The molecule has 1 aromatic heterocycles. The van der Waals surface area contributed by atoms with Gasteiger partial charge in [-0.3, -0.25) is 0 Å². The molecule has 0 atom stereocenters. The van der Waals surface area contributed by atoms with Crippen LogP contribution in [0.2, 0.25) is 0 Å². The van der Waals surface area contributed by atoms with E-state index < -0.39 is 0 Å². The Kier molecular flexibility index (Phi) is 3.79. The number of nitrogens with one attached hydrogen (secondary N) is 1. The number of imidazole rings is 1. The number of rotatable bonds is 4. The number of aryl methyl sites for hydroxylation is 1. The summed E-state index contributed by atoms with van der Waals surface area (Å²) >= 11 is 3.39. The molecule has 2 nitrogen and oxygen atoms in total. The third kappa shape index (κ3) is 2.97. The molecule has 0 amide bonds. The third-order valence-corrected chi connectivity index (χ3v) is 2.56. The second-order valence-electron chi connectivity index (χ2n) is 3.46. The average Bonchev–Trinajstić information content (AvgIpc) is 2.36. The first kappa shape index (κ1) is 9.78. The van der Waals surface area contributed by atoms with Crippen molar-refractivity contribution in [2.75, 3.05) is 0 Å². The summed E-state index contributed by atoms with van der Waals surface area (Å²) < 4.78 is 0.964. The highest BCUT2D eigenvalue weighted by Gasteiger charge is 2.01. The van der Waals surface area contributed by atoms with Crippen LogP contribution in [0.25, 0.3) is 0 Å². The quantitative estimate of drug-likeness (QED) is 0.847. The largest absolute Gasteiger partial charge is 0.348 e. The first-order valence-electron chi connectivity index (χ1n) is 4.38. The van der Waals surface area contributed by atoms with Gasteiger partial charge in [-0.1, -0.05) is 20.3 Å². The van der Waals surface area contributed by atoms with Gasteiger partial charge in [-0.2, -0.15) is 0 Å². The van der Waals surface area contributed by atoms with Gasteiger partial charge in [0.25, 0.3) is 0 Å². The van der Waals surface area contributed by atoms with Crippen LogP contribution in [-0.4, -0.2) is 9.97 Å². The van der Waals surface area contributed by atoms with Gasteiger partial charge in [0, 0.05) is 5.69 Å². The zero-order chi connectivity index (χ0) is 8.97. The van der Waals surface area contributed by atoms with Crippen molar-refractivity contribution < 1.29 is 0 Å². The fourth-order valence-corrected chi connectivity index (χ4v) is 1.58. The number of halogens is 1. The van der Waals surface area contributed by atoms with Gasteiger partial charge in [0.05, 0.1) is 6.33 Å². The molecule has 0 aliphatic rings. The van der Waals surface area contributed by atoms with Gasteiger partial charge in [0.15, 0.2) is 0 Å². The molecule has 0 fully saturated rings. The van der Waals surface area contributed by atoms with Crippen LogP contribution < -0.4 is 0 Å². The molecule has 0 unspecified atom stereocenters. The van der Waals surface area contributed by atoms with Gasteiger partial charge < -0.3 is 4.98 Å². The zero-order valence-electron chi connectivity index (χ0n) is 7.60. The monoisotopic (exact) mass is 230 g/mol. The maximum absolute atomic E-state index is 4.08. The van der Waals surface area contributed by atoms with E-state index in [2.05, 4.69) is 39.7 Å². The molecule has 0 aliphatic carbocycles. The van der Waals surface area contributed by atoms with E-state index in [1.54, 1.807) is 6.33 Å². The Morgan fingerprint density at radius 3 is 2.83 bits per heavy atom. The summed E-state index contributed by atoms with van der Waals surface area (Å²) in [5.41, 5.74) is 1.22. The van der Waals surface area contributed by atoms with Crippen LogP contribution in [0.1, 0.15) is 32.4 Å². The molecule has 1 rings (SSSR count). The standard InChI is InChI=1S/C9H15BrN2/c1-7(2)4-3-5-8-9(10)12-6-11-8/h6-7H,3-5H2,1-2H3,(H,11,12). The molecular formula is C9H15BrN2. The van der Waals surface area contributed by atoms with Gasteiger partial charge in [-0.15, -0.1) is 0 Å². The molecular weight excluding hydrogens is 216 g/mol. The molecule has 0 bridgehead atoms. The number of H-pyrrole nitrogens is 1. The van der Waals surface area contributed by atoms with Gasteiger partial charge in [-0.25, -0.2) is 4.98 Å². The van der Waals surface area contributed by atoms with Crippen LogP contribution in [0.3, 0.4) is 0 Å². The predicted octanol–water partition coefficient (Wildman–Crippen LogP) is 3.15. The van der Waals surface area contributed by atoms with Gasteiger partial charge in [0.2, 0.25) is 0 Å². The van der Waals surface area contributed by atoms with Gasteiger partial charge in [0.1, 0.15) is 4.60 Å². The number of nitrogens with zero attached hydrogens (tertiary/aromatic N) is 1. The second kappa shape index (κ2) is 4.65. The van der Waals surface area contributed by atoms with Crippen molar-refractivity contribution in [2.45, 2.75) is 33.1 Å². The number of aromatic amines is 1. The zero-order valence-corrected chi connectivity index (χ0v) is 9.19. The SMILES string of the molecule is CC(C)CCCc1[nH]cnc1Br. The Balaban J connectivity index is 2.29. The fraction of sp³-hybridized carbons (Fsp3) is 0.667. The van der Waals surface area contributed by atoms with E-state index in [0.717, 1.165) is 16.9 Å². The van der Waals surface area contributed by atoms with Crippen molar-refractivity contribution in [3.63, 3.8) is 0 Å². The summed E-state index contributed by atoms with van der Waals surface area (Å²) in [5.74, 6) is 0.798. The number of hydrogen-bond donors (Lipinski definition) is 1. The molecule has 0 saturated heterocycles. The maximum Gasteiger partial charge on any atom is 0.127 e. The van der Waals surface area contributed by atoms with Crippen molar-refractivity contribution in [1.82, 2.24) is 9.97 Å². The van der Waals surface area contributed by atoms with Crippen molar-refractivity contribution >= 4 is 15.9 Å². The first-order chi connectivity index (χ1) is 5.70. The minimum absolute atomic E-state index is 0.798. The molecule has 0 spiro atoms. The third-order valence-electron chi connectivity index (χ3n) is 1.87. The summed E-state index contributed by atoms with van der Waals surface area (Å²) in [6.45, 7) is 4.50. The van der Waals surface area contributed by atoms with Crippen molar-refractivity contribution in [1.29, 1.82) is 0 Å². The topological polar surface area (TPSA) is 28.7 Å². The molecule has 0 aliphatic heterocycles. The molecule has 1 aromatic rings. The molecule has 0 radical (unpaired) electrons. The summed E-state index contributed by atoms with van der Waals surface area (Å²) in [7, 11) is 0. The lowest BCUT2D eigenvalue weighted by atomic mass is 10.1. The Morgan fingerprint density at radius 1 is 1.58 bits per heavy atom. The molecule has 1 heterocycles. The van der Waals surface area contributed by atoms with Crippen molar-refractivity contribution in [3.05, 3.63) is 16.6 Å². The van der Waals surface area contributed by atoms with E-state index in [1.165, 1.54) is 18.5 Å². The second-order valence-corrected chi connectivity index (χ2v) is 4.21. The summed E-state index contributed by atoms with van der Waals surface area (Å²) in [4.78, 5) is 7.20. The van der Waals surface area contributed by atoms with E-state index in [9.17, 15) is 0 Å². The molecule has 1 N–H and O–H groups in total. The van der Waals surface area contributed by atoms with Crippen LogP contribution in [-0.2, 0) is 6.42 Å². The lowest BCUT2D eigenvalue weighted by Crippen LogP contribution is -1.91. The summed E-state index contributed by atoms with van der Waals surface area (Å²) in [6.07, 6.45) is 5.34. The van der Waals surface area contributed by atoms with Crippen molar-refractivity contribution in [2.24, 2.45) is 5.92 Å². The van der Waals surface area contributed by atoms with E-state index in [1.807, 2.05) is 0 Å². The molecule has 12 heavy (non-hydrogen) atoms. The van der Waals surface area contributed by atoms with Crippen LogP contribution >= 0.6 is 15.9 Å². The smallest absolute Gasteiger partial charge is 0.127 e. The van der Waals surface area contributed by atoms with E-state index in [0.29, 0.717) is 0 Å². The van der Waals surface area contributed by atoms with Crippen LogP contribution in [0.5, 0.6) is 0 Å². The van der Waals surface area contributed by atoms with Gasteiger partial charge >= 0.3 is 0 Å². The number of hydrogen-bond acceptors (Lipinski definition) is 1. The summed E-state index contributed by atoms with van der Waals surface area (Å²) in [6, 6.07) is 0. The minimum atomic E-state index is 0.798. The Labute approximate surface area is 81.9 Å². The van der Waals surface area contributed by atoms with E-state index in [4.69, 9.17) is 0 Å². The lowest BCUT2D eigenvalue weighted by Gasteiger charge is -2.02. The van der Waals surface area contributed by atoms with E-state index in [-0.39, 0.29) is 0 Å². The molecule has 3 heteroatoms. The Morgan fingerprint density at radius 2 is 2.33 bits per heavy atom. The average molecular weight is 231 g/mol. The van der Waals surface area contributed by atoms with E-state index >= 15 is 0 Å². The predicted molar refractivity (Wildman–Crippen MR) is 54.1 cm³/mol. The van der Waals surface area contributed by atoms with Crippen LogP contribution in [0, 0.1) is 5.92 Å². The number of aromatic nitrogens is 2. The molecule has 68 valence electrons. The highest BCUT2D eigenvalue weighted by molar-refractivity contribution is 9.10. The van der Waals surface area contributed by atoms with Gasteiger partial charge in [-0.05, 0) is 34.7 Å². The minimum Gasteiger partial charge on any atom is -0.348 e.